The van der Waals surface area contributed by atoms with Crippen LogP contribution in [0.2, 0.25) is 0 Å². The molecule has 0 amide bonds. The van der Waals surface area contributed by atoms with Crippen molar-refractivity contribution in [2.45, 2.75) is 49.6 Å². The number of piperidine rings is 1. The van der Waals surface area contributed by atoms with E-state index in [0.717, 1.165) is 67.4 Å². The summed E-state index contributed by atoms with van der Waals surface area (Å²) >= 11 is 0. The van der Waals surface area contributed by atoms with Gasteiger partial charge in [0.2, 0.25) is 0 Å². The zero-order valence-corrected chi connectivity index (χ0v) is 19.6. The number of aromatic nitrogens is 2. The van der Waals surface area contributed by atoms with Crippen LogP contribution in [-0.2, 0) is 5.41 Å². The molecule has 1 saturated carbocycles. The van der Waals surface area contributed by atoms with Gasteiger partial charge in [-0.1, -0.05) is 36.4 Å². The Morgan fingerprint density at radius 1 is 0.771 bits per heavy atom. The maximum Gasteiger partial charge on any atom is 0.326 e. The number of benzene rings is 3. The summed E-state index contributed by atoms with van der Waals surface area (Å²) < 4.78 is 29.4. The molecule has 1 saturated heterocycles. The molecule has 2 heterocycles. The third-order valence-electron chi connectivity index (χ3n) is 8.29. The minimum atomic E-state index is -0.253. The van der Waals surface area contributed by atoms with Crippen LogP contribution in [0.3, 0.4) is 0 Å². The molecule has 4 nitrogen and oxygen atoms in total. The fourth-order valence-corrected chi connectivity index (χ4v) is 6.51. The smallest absolute Gasteiger partial charge is 0.306 e. The van der Waals surface area contributed by atoms with Gasteiger partial charge in [-0.3, -0.25) is 4.57 Å². The predicted octanol–water partition coefficient (Wildman–Crippen LogP) is 5.78. The first kappa shape index (κ1) is 22.2. The van der Waals surface area contributed by atoms with Crippen LogP contribution in [0, 0.1) is 11.6 Å². The summed E-state index contributed by atoms with van der Waals surface area (Å²) in [5.41, 5.74) is 3.76. The van der Waals surface area contributed by atoms with Crippen molar-refractivity contribution < 1.29 is 8.78 Å². The Hall–Kier alpha value is -3.25. The number of nitrogens with one attached hydrogen (secondary N) is 1. The Kier molecular flexibility index (Phi) is 5.56. The molecule has 2 fully saturated rings. The van der Waals surface area contributed by atoms with E-state index >= 15 is 0 Å². The molecule has 0 spiro atoms. The van der Waals surface area contributed by atoms with Gasteiger partial charge in [-0.05, 0) is 79.6 Å². The highest BCUT2D eigenvalue weighted by atomic mass is 19.1. The minimum Gasteiger partial charge on any atom is -0.306 e. The second-order valence-corrected chi connectivity index (χ2v) is 10.1. The molecule has 2 aliphatic rings. The monoisotopic (exact) mass is 473 g/mol. The summed E-state index contributed by atoms with van der Waals surface area (Å²) in [6.07, 6.45) is 4.75. The van der Waals surface area contributed by atoms with Crippen LogP contribution in [0.15, 0.2) is 77.6 Å². The van der Waals surface area contributed by atoms with E-state index in [4.69, 9.17) is 0 Å². The summed E-state index contributed by atoms with van der Waals surface area (Å²) in [6, 6.07) is 22.1. The van der Waals surface area contributed by atoms with Gasteiger partial charge in [0, 0.05) is 30.6 Å². The van der Waals surface area contributed by atoms with E-state index in [2.05, 4.69) is 9.88 Å². The Balaban J connectivity index is 1.23. The van der Waals surface area contributed by atoms with Gasteiger partial charge < -0.3 is 9.88 Å². The lowest BCUT2D eigenvalue weighted by molar-refractivity contribution is 0.134. The standard InChI is InChI=1S/C29H29F2N3O/c30-22-9-5-20(6-10-22)29(21-7-11-23(31)12-8-21)16-13-25(19-29)33-17-14-24(15-18-33)34-27-4-2-1-3-26(27)32-28(34)35/h1-12,24-25H,13-19H2,(H,32,35). The zero-order valence-electron chi connectivity index (χ0n) is 19.6. The molecule has 0 radical (unpaired) electrons. The number of likely N-dealkylation sites (tertiary alicyclic amines) is 1. The van der Waals surface area contributed by atoms with Crippen molar-refractivity contribution >= 4 is 11.0 Å². The summed E-state index contributed by atoms with van der Waals surface area (Å²) in [5.74, 6) is -0.487. The Bertz CT molecular complexity index is 1340. The number of H-pyrrole nitrogens is 1. The number of hydrogen-bond donors (Lipinski definition) is 1. The first-order valence-corrected chi connectivity index (χ1v) is 12.5. The molecule has 1 aliphatic heterocycles. The molecule has 180 valence electrons. The summed E-state index contributed by atoms with van der Waals surface area (Å²) in [7, 11) is 0. The molecule has 6 rings (SSSR count). The van der Waals surface area contributed by atoms with Gasteiger partial charge in [0.05, 0.1) is 11.0 Å². The van der Waals surface area contributed by atoms with Crippen LogP contribution >= 0.6 is 0 Å². The molecule has 3 aromatic carbocycles. The molecule has 1 aliphatic carbocycles. The highest BCUT2D eigenvalue weighted by molar-refractivity contribution is 5.75. The van der Waals surface area contributed by atoms with Gasteiger partial charge in [0.25, 0.3) is 0 Å². The predicted molar refractivity (Wildman–Crippen MR) is 134 cm³/mol. The van der Waals surface area contributed by atoms with Crippen molar-refractivity contribution in [2.24, 2.45) is 0 Å². The van der Waals surface area contributed by atoms with Crippen LogP contribution in [-0.4, -0.2) is 33.6 Å². The summed E-state index contributed by atoms with van der Waals surface area (Å²) in [5, 5.41) is 0. The zero-order chi connectivity index (χ0) is 24.0. The van der Waals surface area contributed by atoms with E-state index in [0.29, 0.717) is 6.04 Å². The van der Waals surface area contributed by atoms with Gasteiger partial charge in [-0.2, -0.15) is 0 Å². The topological polar surface area (TPSA) is 41.0 Å². The molecule has 4 aromatic rings. The van der Waals surface area contributed by atoms with E-state index in [1.165, 1.54) is 24.3 Å². The van der Waals surface area contributed by atoms with Crippen molar-refractivity contribution in [2.75, 3.05) is 13.1 Å². The van der Waals surface area contributed by atoms with Crippen molar-refractivity contribution in [3.63, 3.8) is 0 Å². The summed E-state index contributed by atoms with van der Waals surface area (Å²) in [4.78, 5) is 18.2. The third kappa shape index (κ3) is 3.90. The van der Waals surface area contributed by atoms with Gasteiger partial charge in [0.1, 0.15) is 11.6 Å². The van der Waals surface area contributed by atoms with Gasteiger partial charge in [0.15, 0.2) is 0 Å². The van der Waals surface area contributed by atoms with E-state index < -0.39 is 0 Å². The second-order valence-electron chi connectivity index (χ2n) is 10.1. The number of nitrogens with zero attached hydrogens (tertiary/aromatic N) is 2. The fourth-order valence-electron chi connectivity index (χ4n) is 6.51. The van der Waals surface area contributed by atoms with Crippen molar-refractivity contribution in [3.8, 4) is 0 Å². The largest absolute Gasteiger partial charge is 0.326 e. The van der Waals surface area contributed by atoms with Crippen molar-refractivity contribution in [3.05, 3.63) is 106 Å². The molecular weight excluding hydrogens is 444 g/mol. The number of fused-ring (bicyclic) bond motifs is 1. The maximum atomic E-state index is 13.7. The summed E-state index contributed by atoms with van der Waals surface area (Å²) in [6.45, 7) is 1.87. The third-order valence-corrected chi connectivity index (χ3v) is 8.29. The lowest BCUT2D eigenvalue weighted by Gasteiger charge is -2.38. The van der Waals surface area contributed by atoms with E-state index in [9.17, 15) is 13.6 Å². The lowest BCUT2D eigenvalue weighted by atomic mass is 9.73. The lowest BCUT2D eigenvalue weighted by Crippen LogP contribution is -2.42. The van der Waals surface area contributed by atoms with Crippen LogP contribution in [0.1, 0.15) is 49.3 Å². The van der Waals surface area contributed by atoms with Crippen LogP contribution in [0.25, 0.3) is 11.0 Å². The van der Waals surface area contributed by atoms with Crippen molar-refractivity contribution in [1.82, 2.24) is 14.5 Å². The highest BCUT2D eigenvalue weighted by Gasteiger charge is 2.44. The molecule has 6 heteroatoms. The molecule has 1 aromatic heterocycles. The first-order chi connectivity index (χ1) is 17.0. The SMILES string of the molecule is O=c1[nH]c2ccccc2n1C1CCN(C2CCC(c3ccc(F)cc3)(c3ccc(F)cc3)C2)CC1. The molecule has 1 N–H and O–H groups in total. The van der Waals surface area contributed by atoms with Gasteiger partial charge in [-0.15, -0.1) is 0 Å². The Morgan fingerprint density at radius 2 is 1.37 bits per heavy atom. The van der Waals surface area contributed by atoms with E-state index in [1.807, 2.05) is 53.1 Å². The molecular formula is C29H29F2N3O. The molecule has 0 bridgehead atoms. The van der Waals surface area contributed by atoms with E-state index in [1.54, 1.807) is 0 Å². The first-order valence-electron chi connectivity index (χ1n) is 12.5. The quantitative estimate of drug-likeness (QED) is 0.408. The number of aromatic amines is 1. The Labute approximate surface area is 203 Å². The van der Waals surface area contributed by atoms with Gasteiger partial charge in [-0.25, -0.2) is 13.6 Å². The molecule has 1 atom stereocenters. The average molecular weight is 474 g/mol. The normalized spacial score (nSPS) is 21.0. The molecule has 35 heavy (non-hydrogen) atoms. The van der Waals surface area contributed by atoms with Crippen molar-refractivity contribution in [1.29, 1.82) is 0 Å². The number of hydrogen-bond acceptors (Lipinski definition) is 2. The number of imidazole rings is 1. The second kappa shape index (κ2) is 8.76. The number of halogens is 2. The molecule has 1 unspecified atom stereocenters. The number of para-hydroxylation sites is 2. The van der Waals surface area contributed by atoms with Crippen LogP contribution in [0.4, 0.5) is 8.78 Å². The minimum absolute atomic E-state index is 0.0304. The number of rotatable bonds is 4. The van der Waals surface area contributed by atoms with Crippen LogP contribution < -0.4 is 5.69 Å². The fraction of sp³-hybridized carbons (Fsp3) is 0.345. The average Bonchev–Trinajstić information content (AvgIpc) is 3.47. The van der Waals surface area contributed by atoms with Gasteiger partial charge >= 0.3 is 5.69 Å². The highest BCUT2D eigenvalue weighted by Crippen LogP contribution is 2.48. The van der Waals surface area contributed by atoms with Crippen LogP contribution in [0.5, 0.6) is 0 Å². The maximum absolute atomic E-state index is 13.7. The van der Waals surface area contributed by atoms with E-state index in [-0.39, 0.29) is 28.8 Å². The Morgan fingerprint density at radius 3 is 2.00 bits per heavy atom.